The molecule has 0 fully saturated rings. The Morgan fingerprint density at radius 3 is 2.41 bits per heavy atom. The minimum Gasteiger partial charge on any atom is -0.459 e. The summed E-state index contributed by atoms with van der Waals surface area (Å²) in [5, 5.41) is 14.0. The van der Waals surface area contributed by atoms with Crippen LogP contribution >= 0.6 is 11.3 Å². The summed E-state index contributed by atoms with van der Waals surface area (Å²) in [4.78, 5) is 36.1. The van der Waals surface area contributed by atoms with Crippen LogP contribution in [0.3, 0.4) is 0 Å². The quantitative estimate of drug-likeness (QED) is 0.432. The smallest absolute Gasteiger partial charge is 0.341 e. The lowest BCUT2D eigenvalue weighted by Crippen LogP contribution is -2.18. The zero-order valence-electron chi connectivity index (χ0n) is 15.7. The fourth-order valence-electron chi connectivity index (χ4n) is 2.67. The van der Waals surface area contributed by atoms with Crippen molar-refractivity contribution >= 4 is 33.9 Å². The van der Waals surface area contributed by atoms with E-state index in [0.29, 0.717) is 22.5 Å². The molecule has 0 saturated carbocycles. The van der Waals surface area contributed by atoms with E-state index in [4.69, 9.17) is 4.74 Å². The molecule has 0 saturated heterocycles. The highest BCUT2D eigenvalue weighted by Gasteiger charge is 2.24. The lowest BCUT2D eigenvalue weighted by molar-refractivity contribution is -0.384. The third-order valence-corrected chi connectivity index (χ3v) is 4.94. The van der Waals surface area contributed by atoms with Crippen LogP contribution in [0.25, 0.3) is 0 Å². The lowest BCUT2D eigenvalue weighted by atomic mass is 10.1. The first kappa shape index (κ1) is 20.6. The molecule has 0 aliphatic carbocycles. The molecule has 0 unspecified atom stereocenters. The molecule has 0 aliphatic rings. The van der Waals surface area contributed by atoms with Crippen molar-refractivity contribution in [2.75, 3.05) is 5.32 Å². The summed E-state index contributed by atoms with van der Waals surface area (Å²) in [7, 11) is 0. The van der Waals surface area contributed by atoms with E-state index in [0.717, 1.165) is 10.4 Å². The van der Waals surface area contributed by atoms with Gasteiger partial charge in [-0.25, -0.2) is 4.79 Å². The molecule has 27 heavy (non-hydrogen) atoms. The van der Waals surface area contributed by atoms with Crippen LogP contribution in [-0.2, 0) is 22.4 Å². The molecule has 1 amide bonds. The molecule has 0 bridgehead atoms. The number of ether oxygens (including phenoxy) is 1. The van der Waals surface area contributed by atoms with Crippen molar-refractivity contribution in [1.29, 1.82) is 0 Å². The highest BCUT2D eigenvalue weighted by molar-refractivity contribution is 7.16. The summed E-state index contributed by atoms with van der Waals surface area (Å²) in [6.45, 7) is 7.40. The number of nitrogens with one attached hydrogen (secondary N) is 1. The number of esters is 1. The number of aryl methyl sites for hydroxylation is 1. The van der Waals surface area contributed by atoms with E-state index in [1.54, 1.807) is 26.0 Å². The molecule has 1 heterocycles. The van der Waals surface area contributed by atoms with E-state index >= 15 is 0 Å². The predicted molar refractivity (Wildman–Crippen MR) is 104 cm³/mol. The van der Waals surface area contributed by atoms with Crippen LogP contribution in [0.2, 0.25) is 0 Å². The van der Waals surface area contributed by atoms with Gasteiger partial charge in [0.1, 0.15) is 5.00 Å². The normalized spacial score (nSPS) is 10.7. The third kappa shape index (κ3) is 5.13. The minimum absolute atomic E-state index is 0.0284. The molecule has 0 radical (unpaired) electrons. The number of thiophene rings is 1. The SMILES string of the molecule is CCc1c(C)sc(NC(=O)Cc2ccc([N+](=O)[O-])cc2)c1C(=O)OC(C)C. The van der Waals surface area contributed by atoms with Crippen molar-refractivity contribution in [1.82, 2.24) is 0 Å². The molecule has 0 spiro atoms. The van der Waals surface area contributed by atoms with E-state index in [1.807, 2.05) is 13.8 Å². The van der Waals surface area contributed by atoms with Gasteiger partial charge in [-0.2, -0.15) is 0 Å². The molecule has 7 nitrogen and oxygen atoms in total. The van der Waals surface area contributed by atoms with Gasteiger partial charge in [-0.3, -0.25) is 14.9 Å². The maximum atomic E-state index is 12.5. The Morgan fingerprint density at radius 2 is 1.89 bits per heavy atom. The first-order chi connectivity index (χ1) is 12.7. The zero-order chi connectivity index (χ0) is 20.1. The highest BCUT2D eigenvalue weighted by Crippen LogP contribution is 2.34. The van der Waals surface area contributed by atoms with E-state index in [-0.39, 0.29) is 24.1 Å². The second-order valence-corrected chi connectivity index (χ2v) is 7.52. The van der Waals surface area contributed by atoms with Gasteiger partial charge in [0.25, 0.3) is 5.69 Å². The van der Waals surface area contributed by atoms with Crippen LogP contribution in [0.5, 0.6) is 0 Å². The largest absolute Gasteiger partial charge is 0.459 e. The average molecular weight is 390 g/mol. The molecule has 2 aromatic rings. The molecular formula is C19H22N2O5S. The molecule has 0 aliphatic heterocycles. The number of nitrogens with zero attached hydrogens (tertiary/aromatic N) is 1. The van der Waals surface area contributed by atoms with Crippen molar-refractivity contribution in [2.45, 2.75) is 46.6 Å². The number of hydrogen-bond donors (Lipinski definition) is 1. The summed E-state index contributed by atoms with van der Waals surface area (Å²) >= 11 is 1.34. The second kappa shape index (κ2) is 8.77. The van der Waals surface area contributed by atoms with Crippen molar-refractivity contribution in [3.8, 4) is 0 Å². The number of amides is 1. The van der Waals surface area contributed by atoms with Crippen LogP contribution in [0, 0.1) is 17.0 Å². The van der Waals surface area contributed by atoms with E-state index in [2.05, 4.69) is 5.32 Å². The van der Waals surface area contributed by atoms with Gasteiger partial charge in [-0.05, 0) is 38.3 Å². The topological polar surface area (TPSA) is 98.5 Å². The molecule has 2 rings (SSSR count). The molecule has 144 valence electrons. The number of non-ortho nitro benzene ring substituents is 1. The van der Waals surface area contributed by atoms with Gasteiger partial charge >= 0.3 is 5.97 Å². The summed E-state index contributed by atoms with van der Waals surface area (Å²) < 4.78 is 5.32. The van der Waals surface area contributed by atoms with Crippen LogP contribution in [0.1, 0.15) is 47.1 Å². The van der Waals surface area contributed by atoms with Gasteiger partial charge < -0.3 is 10.1 Å². The first-order valence-electron chi connectivity index (χ1n) is 8.59. The average Bonchev–Trinajstić information content (AvgIpc) is 2.89. The zero-order valence-corrected chi connectivity index (χ0v) is 16.5. The van der Waals surface area contributed by atoms with Gasteiger partial charge in [-0.1, -0.05) is 19.1 Å². The molecular weight excluding hydrogens is 368 g/mol. The number of nitro groups is 1. The second-order valence-electron chi connectivity index (χ2n) is 6.30. The molecule has 1 aromatic carbocycles. The number of rotatable bonds is 7. The lowest BCUT2D eigenvalue weighted by Gasteiger charge is -2.11. The molecule has 0 atom stereocenters. The number of carbonyl (C=O) groups excluding carboxylic acids is 2. The van der Waals surface area contributed by atoms with Crippen molar-refractivity contribution in [3.63, 3.8) is 0 Å². The fourth-order valence-corrected chi connectivity index (χ4v) is 3.82. The van der Waals surface area contributed by atoms with Crippen molar-refractivity contribution in [2.24, 2.45) is 0 Å². The van der Waals surface area contributed by atoms with Gasteiger partial charge in [0.15, 0.2) is 0 Å². The Morgan fingerprint density at radius 1 is 1.26 bits per heavy atom. The standard InChI is InChI=1S/C19H22N2O5S/c1-5-15-12(4)27-18(17(15)19(23)26-11(2)3)20-16(22)10-13-6-8-14(9-7-13)21(24)25/h6-9,11H,5,10H2,1-4H3,(H,20,22). The Hall–Kier alpha value is -2.74. The number of carbonyl (C=O) groups is 2. The number of hydrogen-bond acceptors (Lipinski definition) is 6. The first-order valence-corrected chi connectivity index (χ1v) is 9.41. The Bertz CT molecular complexity index is 856. The summed E-state index contributed by atoms with van der Waals surface area (Å²) in [6.07, 6.45) is 0.448. The van der Waals surface area contributed by atoms with Crippen LogP contribution in [0.4, 0.5) is 10.7 Å². The number of benzene rings is 1. The van der Waals surface area contributed by atoms with E-state index in [9.17, 15) is 19.7 Å². The molecule has 1 N–H and O–H groups in total. The maximum Gasteiger partial charge on any atom is 0.341 e. The fraction of sp³-hybridized carbons (Fsp3) is 0.368. The molecule has 8 heteroatoms. The Labute approximate surface area is 161 Å². The number of anilines is 1. The van der Waals surface area contributed by atoms with Gasteiger partial charge in [0, 0.05) is 17.0 Å². The van der Waals surface area contributed by atoms with Crippen molar-refractivity contribution in [3.05, 3.63) is 55.9 Å². The summed E-state index contributed by atoms with van der Waals surface area (Å²) in [6, 6.07) is 5.81. The van der Waals surface area contributed by atoms with Gasteiger partial charge in [-0.15, -0.1) is 11.3 Å². The van der Waals surface area contributed by atoms with E-state index < -0.39 is 10.9 Å². The van der Waals surface area contributed by atoms with Crippen LogP contribution in [-0.4, -0.2) is 22.9 Å². The predicted octanol–water partition coefficient (Wildman–Crippen LogP) is 4.27. The highest BCUT2D eigenvalue weighted by atomic mass is 32.1. The van der Waals surface area contributed by atoms with Crippen molar-refractivity contribution < 1.29 is 19.2 Å². The van der Waals surface area contributed by atoms with Crippen LogP contribution in [0.15, 0.2) is 24.3 Å². The summed E-state index contributed by atoms with van der Waals surface area (Å²) in [5.41, 5.74) is 1.90. The van der Waals surface area contributed by atoms with Gasteiger partial charge in [0.2, 0.25) is 5.91 Å². The third-order valence-electron chi connectivity index (χ3n) is 3.87. The Kier molecular flexibility index (Phi) is 6.68. The summed E-state index contributed by atoms with van der Waals surface area (Å²) in [5.74, 6) is -0.747. The van der Waals surface area contributed by atoms with Crippen LogP contribution < -0.4 is 5.32 Å². The molecule has 1 aromatic heterocycles. The maximum absolute atomic E-state index is 12.5. The minimum atomic E-state index is -0.489. The Balaban J connectivity index is 2.19. The number of nitro benzene ring substituents is 1. The van der Waals surface area contributed by atoms with Gasteiger partial charge in [0.05, 0.1) is 23.0 Å². The van der Waals surface area contributed by atoms with E-state index in [1.165, 1.54) is 23.5 Å². The monoisotopic (exact) mass is 390 g/mol.